The third-order valence-corrected chi connectivity index (χ3v) is 3.91. The molecule has 0 amide bonds. The summed E-state index contributed by atoms with van der Waals surface area (Å²) in [6, 6.07) is 6.67. The first kappa shape index (κ1) is 13.4. The number of aromatic hydroxyl groups is 1. The summed E-state index contributed by atoms with van der Waals surface area (Å²) in [5.41, 5.74) is 2.67. The van der Waals surface area contributed by atoms with E-state index in [2.05, 4.69) is 24.8 Å². The topological polar surface area (TPSA) is 32.7 Å². The lowest BCUT2D eigenvalue weighted by Gasteiger charge is -2.33. The maximum Gasteiger partial charge on any atom is 0.115 e. The van der Waals surface area contributed by atoms with Gasteiger partial charge in [0.15, 0.2) is 0 Å². The van der Waals surface area contributed by atoms with Gasteiger partial charge in [-0.15, -0.1) is 0 Å². The highest BCUT2D eigenvalue weighted by Gasteiger charge is 2.29. The van der Waals surface area contributed by atoms with Crippen LogP contribution in [0.3, 0.4) is 0 Å². The molecule has 0 spiro atoms. The van der Waals surface area contributed by atoms with Crippen molar-refractivity contribution in [2.75, 3.05) is 20.3 Å². The predicted molar refractivity (Wildman–Crippen MR) is 72.9 cm³/mol. The fourth-order valence-corrected chi connectivity index (χ4v) is 3.10. The highest BCUT2D eigenvalue weighted by atomic mass is 16.5. The van der Waals surface area contributed by atoms with Gasteiger partial charge in [0.05, 0.1) is 6.61 Å². The van der Waals surface area contributed by atoms with E-state index < -0.39 is 0 Å². The maximum atomic E-state index is 9.54. The van der Waals surface area contributed by atoms with Gasteiger partial charge in [0.1, 0.15) is 5.75 Å². The van der Waals surface area contributed by atoms with E-state index in [0.717, 1.165) is 26.0 Å². The molecule has 3 nitrogen and oxygen atoms in total. The highest BCUT2D eigenvalue weighted by molar-refractivity contribution is 5.40. The quantitative estimate of drug-likeness (QED) is 0.871. The van der Waals surface area contributed by atoms with Gasteiger partial charge in [-0.25, -0.2) is 0 Å². The van der Waals surface area contributed by atoms with Gasteiger partial charge >= 0.3 is 0 Å². The predicted octanol–water partition coefficient (Wildman–Crippen LogP) is 2.74. The Morgan fingerprint density at radius 1 is 1.50 bits per heavy atom. The average molecular weight is 249 g/mol. The lowest BCUT2D eigenvalue weighted by atomic mass is 10.0. The molecule has 2 rings (SSSR count). The highest BCUT2D eigenvalue weighted by Crippen LogP contribution is 2.38. The number of ether oxygens (including phenoxy) is 1. The molecule has 0 saturated heterocycles. The van der Waals surface area contributed by atoms with Gasteiger partial charge in [-0.05, 0) is 49.6 Å². The van der Waals surface area contributed by atoms with Crippen molar-refractivity contribution in [2.24, 2.45) is 0 Å². The second-order valence-electron chi connectivity index (χ2n) is 5.07. The van der Waals surface area contributed by atoms with Crippen LogP contribution in [0.2, 0.25) is 0 Å². The Bertz CT molecular complexity index is 405. The molecule has 0 saturated carbocycles. The Morgan fingerprint density at radius 3 is 2.94 bits per heavy atom. The van der Waals surface area contributed by atoms with Crippen LogP contribution in [0, 0.1) is 0 Å². The van der Waals surface area contributed by atoms with Crippen LogP contribution in [0.5, 0.6) is 5.75 Å². The Balaban J connectivity index is 2.20. The van der Waals surface area contributed by atoms with Crippen molar-refractivity contribution in [3.05, 3.63) is 29.3 Å². The van der Waals surface area contributed by atoms with Crippen molar-refractivity contribution < 1.29 is 9.84 Å². The zero-order valence-electron chi connectivity index (χ0n) is 11.5. The standard InChI is InChI=1S/C15H23NO2/c1-4-16(11(2)10-18-3)15-8-5-12-9-13(17)6-7-14(12)15/h6-7,9,11,15,17H,4-5,8,10H2,1-3H3. The molecular weight excluding hydrogens is 226 g/mol. The van der Waals surface area contributed by atoms with Gasteiger partial charge in [0.2, 0.25) is 0 Å². The largest absolute Gasteiger partial charge is 0.508 e. The van der Waals surface area contributed by atoms with Gasteiger partial charge < -0.3 is 9.84 Å². The van der Waals surface area contributed by atoms with E-state index >= 15 is 0 Å². The third kappa shape index (κ3) is 2.52. The minimum absolute atomic E-state index is 0.377. The summed E-state index contributed by atoms with van der Waals surface area (Å²) in [6.45, 7) is 6.20. The molecule has 18 heavy (non-hydrogen) atoms. The molecule has 1 aromatic carbocycles. The molecule has 100 valence electrons. The van der Waals surface area contributed by atoms with Crippen LogP contribution < -0.4 is 0 Å². The number of methoxy groups -OCH3 is 1. The smallest absolute Gasteiger partial charge is 0.115 e. The van der Waals surface area contributed by atoms with E-state index in [0.29, 0.717) is 17.8 Å². The molecule has 1 aromatic rings. The molecule has 0 aromatic heterocycles. The molecule has 0 fully saturated rings. The summed E-state index contributed by atoms with van der Waals surface area (Å²) in [5, 5.41) is 9.54. The lowest BCUT2D eigenvalue weighted by molar-refractivity contribution is 0.0731. The van der Waals surface area contributed by atoms with E-state index in [4.69, 9.17) is 4.74 Å². The van der Waals surface area contributed by atoms with Gasteiger partial charge in [0.25, 0.3) is 0 Å². The third-order valence-electron chi connectivity index (χ3n) is 3.91. The summed E-state index contributed by atoms with van der Waals surface area (Å²) in [6.07, 6.45) is 2.20. The van der Waals surface area contributed by atoms with Crippen LogP contribution >= 0.6 is 0 Å². The molecule has 0 bridgehead atoms. The molecule has 3 heteroatoms. The number of fused-ring (bicyclic) bond motifs is 1. The van der Waals surface area contributed by atoms with E-state index in [1.165, 1.54) is 11.1 Å². The molecule has 1 aliphatic carbocycles. The van der Waals surface area contributed by atoms with Crippen molar-refractivity contribution in [3.63, 3.8) is 0 Å². The first-order valence-corrected chi connectivity index (χ1v) is 6.73. The fourth-order valence-electron chi connectivity index (χ4n) is 3.10. The summed E-state index contributed by atoms with van der Waals surface area (Å²) in [4.78, 5) is 2.49. The van der Waals surface area contributed by atoms with Crippen LogP contribution in [0.25, 0.3) is 0 Å². The number of rotatable bonds is 5. The molecule has 1 N–H and O–H groups in total. The average Bonchev–Trinajstić information content (AvgIpc) is 2.73. The number of likely N-dealkylation sites (N-methyl/N-ethyl adjacent to an activating group) is 1. The van der Waals surface area contributed by atoms with E-state index in [1.807, 2.05) is 6.07 Å². The molecule has 2 atom stereocenters. The van der Waals surface area contributed by atoms with E-state index in [-0.39, 0.29) is 0 Å². The Morgan fingerprint density at radius 2 is 2.28 bits per heavy atom. The Hall–Kier alpha value is -1.06. The van der Waals surface area contributed by atoms with Crippen molar-refractivity contribution in [3.8, 4) is 5.75 Å². The van der Waals surface area contributed by atoms with E-state index in [1.54, 1.807) is 13.2 Å². The Labute approximate surface area is 109 Å². The molecule has 2 unspecified atom stereocenters. The molecule has 0 aliphatic heterocycles. The van der Waals surface area contributed by atoms with Gasteiger partial charge in [0, 0.05) is 19.2 Å². The SMILES string of the molecule is CCN(C(C)COC)C1CCc2cc(O)ccc21. The van der Waals surface area contributed by atoms with Crippen molar-refractivity contribution >= 4 is 0 Å². The monoisotopic (exact) mass is 249 g/mol. The second-order valence-corrected chi connectivity index (χ2v) is 5.07. The molecule has 0 radical (unpaired) electrons. The van der Waals surface area contributed by atoms with Crippen LogP contribution in [-0.2, 0) is 11.2 Å². The molecule has 0 heterocycles. The lowest BCUT2D eigenvalue weighted by Crippen LogP contribution is -2.38. The molecular formula is C15H23NO2. The number of hydrogen-bond donors (Lipinski definition) is 1. The fraction of sp³-hybridized carbons (Fsp3) is 0.600. The van der Waals surface area contributed by atoms with Crippen LogP contribution in [0.1, 0.15) is 37.4 Å². The first-order valence-electron chi connectivity index (χ1n) is 6.73. The second kappa shape index (κ2) is 5.72. The van der Waals surface area contributed by atoms with Crippen molar-refractivity contribution in [1.82, 2.24) is 4.90 Å². The molecule has 1 aliphatic rings. The van der Waals surface area contributed by atoms with Crippen LogP contribution in [0.4, 0.5) is 0 Å². The number of benzene rings is 1. The number of hydrogen-bond acceptors (Lipinski definition) is 3. The first-order chi connectivity index (χ1) is 8.67. The zero-order chi connectivity index (χ0) is 13.1. The summed E-state index contributed by atoms with van der Waals surface area (Å²) in [5.74, 6) is 0.377. The minimum atomic E-state index is 0.377. The number of aryl methyl sites for hydroxylation is 1. The summed E-state index contributed by atoms with van der Waals surface area (Å²) < 4.78 is 5.27. The number of phenols is 1. The van der Waals surface area contributed by atoms with Crippen LogP contribution in [0.15, 0.2) is 18.2 Å². The number of phenolic OH excluding ortho intramolecular Hbond substituents is 1. The van der Waals surface area contributed by atoms with Gasteiger partial charge in [-0.2, -0.15) is 0 Å². The van der Waals surface area contributed by atoms with Crippen molar-refractivity contribution in [1.29, 1.82) is 0 Å². The summed E-state index contributed by atoms with van der Waals surface area (Å²) in [7, 11) is 1.75. The van der Waals surface area contributed by atoms with Crippen LogP contribution in [-0.4, -0.2) is 36.3 Å². The van der Waals surface area contributed by atoms with Crippen molar-refractivity contribution in [2.45, 2.75) is 38.8 Å². The van der Waals surface area contributed by atoms with Gasteiger partial charge in [-0.3, -0.25) is 4.90 Å². The normalized spacial score (nSPS) is 20.1. The van der Waals surface area contributed by atoms with E-state index in [9.17, 15) is 5.11 Å². The van der Waals surface area contributed by atoms with Gasteiger partial charge in [-0.1, -0.05) is 13.0 Å². The maximum absolute atomic E-state index is 9.54. The summed E-state index contributed by atoms with van der Waals surface area (Å²) >= 11 is 0. The Kier molecular flexibility index (Phi) is 4.25. The number of nitrogens with zero attached hydrogens (tertiary/aromatic N) is 1. The minimum Gasteiger partial charge on any atom is -0.508 e. The zero-order valence-corrected chi connectivity index (χ0v) is 11.5.